The lowest BCUT2D eigenvalue weighted by Gasteiger charge is -2.43. The second kappa shape index (κ2) is 6.35. The Kier molecular flexibility index (Phi) is 4.14. The summed E-state index contributed by atoms with van der Waals surface area (Å²) in [6, 6.07) is 2.85. The Morgan fingerprint density at radius 2 is 1.92 bits per heavy atom. The number of aromatic nitrogens is 4. The van der Waals surface area contributed by atoms with Crippen LogP contribution in [0.15, 0.2) is 30.7 Å². The van der Waals surface area contributed by atoms with Crippen LogP contribution in [0, 0.1) is 6.92 Å². The first-order valence-corrected chi connectivity index (χ1v) is 10.3. The maximum absolute atomic E-state index is 12.8. The van der Waals surface area contributed by atoms with Crippen LogP contribution in [0.2, 0.25) is 0 Å². The van der Waals surface area contributed by atoms with Crippen molar-refractivity contribution >= 4 is 21.7 Å². The fourth-order valence-corrected chi connectivity index (χ4v) is 5.71. The average molecular weight is 376 g/mol. The predicted octanol–water partition coefficient (Wildman–Crippen LogP) is -0.504. The zero-order valence-corrected chi connectivity index (χ0v) is 15.2. The Balaban J connectivity index is 1.58. The normalized spacial score (nSPS) is 24.5. The Morgan fingerprint density at radius 3 is 2.62 bits per heavy atom. The van der Waals surface area contributed by atoms with Crippen LogP contribution < -0.4 is 4.90 Å². The lowest BCUT2D eigenvalue weighted by atomic mass is 10.0. The second-order valence-corrected chi connectivity index (χ2v) is 8.85. The van der Waals surface area contributed by atoms with Gasteiger partial charge in [-0.25, -0.2) is 18.4 Å². The Bertz CT molecular complexity index is 913. The van der Waals surface area contributed by atoms with Crippen LogP contribution in [0.5, 0.6) is 0 Å². The summed E-state index contributed by atoms with van der Waals surface area (Å²) < 4.78 is 26.1. The first-order valence-electron chi connectivity index (χ1n) is 8.46. The molecular formula is C16H20N6O3S. The topological polar surface area (TPSA) is 101 Å². The van der Waals surface area contributed by atoms with Crippen molar-refractivity contribution in [2.45, 2.75) is 25.6 Å². The number of rotatable bonds is 3. The number of carbonyl (C=O) groups is 1. The van der Waals surface area contributed by atoms with E-state index in [2.05, 4.69) is 15.1 Å². The molecule has 0 aliphatic carbocycles. The van der Waals surface area contributed by atoms with Gasteiger partial charge in [0.25, 0.3) is 0 Å². The largest absolute Gasteiger partial charge is 0.333 e. The van der Waals surface area contributed by atoms with Crippen molar-refractivity contribution in [3.63, 3.8) is 0 Å². The lowest BCUT2D eigenvalue weighted by Crippen LogP contribution is -2.61. The summed E-state index contributed by atoms with van der Waals surface area (Å²) in [4.78, 5) is 24.9. The number of fused-ring (bicyclic) bond motifs is 1. The summed E-state index contributed by atoms with van der Waals surface area (Å²) in [7, 11) is -3.22. The van der Waals surface area contributed by atoms with Gasteiger partial charge in [-0.05, 0) is 19.1 Å². The SMILES string of the molecule is Cc1ccn(CC(=O)N2CCN(c3ncccn3)[C@@H]3CS(=O)(=O)C[C@@H]32)n1. The van der Waals surface area contributed by atoms with E-state index in [0.29, 0.717) is 19.0 Å². The zero-order chi connectivity index (χ0) is 18.3. The molecule has 4 heterocycles. The smallest absolute Gasteiger partial charge is 0.244 e. The maximum atomic E-state index is 12.8. The molecule has 138 valence electrons. The quantitative estimate of drug-likeness (QED) is 0.711. The molecule has 2 aromatic rings. The molecule has 0 N–H and O–H groups in total. The molecule has 2 fully saturated rings. The summed E-state index contributed by atoms with van der Waals surface area (Å²) in [5.41, 5.74) is 0.838. The van der Waals surface area contributed by atoms with Gasteiger partial charge in [0, 0.05) is 31.7 Å². The van der Waals surface area contributed by atoms with E-state index in [0.717, 1.165) is 5.69 Å². The van der Waals surface area contributed by atoms with Crippen molar-refractivity contribution in [3.8, 4) is 0 Å². The van der Waals surface area contributed by atoms with Crippen LogP contribution in [0.25, 0.3) is 0 Å². The molecule has 2 aliphatic heterocycles. The van der Waals surface area contributed by atoms with Crippen molar-refractivity contribution in [1.29, 1.82) is 0 Å². The molecule has 1 amide bonds. The molecule has 2 aliphatic rings. The third-order valence-corrected chi connectivity index (χ3v) is 6.58. The molecule has 9 nitrogen and oxygen atoms in total. The van der Waals surface area contributed by atoms with E-state index in [1.54, 1.807) is 34.2 Å². The minimum Gasteiger partial charge on any atom is -0.333 e. The third-order valence-electron chi connectivity index (χ3n) is 4.88. The molecule has 2 atom stereocenters. The number of nitrogens with zero attached hydrogens (tertiary/aromatic N) is 6. The monoisotopic (exact) mass is 376 g/mol. The van der Waals surface area contributed by atoms with Crippen LogP contribution in [0.3, 0.4) is 0 Å². The Labute approximate surface area is 151 Å². The van der Waals surface area contributed by atoms with Crippen molar-refractivity contribution < 1.29 is 13.2 Å². The fraction of sp³-hybridized carbons (Fsp3) is 0.500. The molecule has 0 saturated carbocycles. The summed E-state index contributed by atoms with van der Waals surface area (Å²) in [6.45, 7) is 2.91. The van der Waals surface area contributed by atoms with E-state index < -0.39 is 9.84 Å². The molecule has 10 heteroatoms. The van der Waals surface area contributed by atoms with E-state index in [1.165, 1.54) is 0 Å². The Morgan fingerprint density at radius 1 is 1.19 bits per heavy atom. The van der Waals surface area contributed by atoms with Gasteiger partial charge >= 0.3 is 0 Å². The number of hydrogen-bond acceptors (Lipinski definition) is 7. The van der Waals surface area contributed by atoms with E-state index >= 15 is 0 Å². The van der Waals surface area contributed by atoms with Crippen molar-refractivity contribution in [2.24, 2.45) is 0 Å². The summed E-state index contributed by atoms with van der Waals surface area (Å²) in [5.74, 6) is 0.383. The number of piperazine rings is 1. The van der Waals surface area contributed by atoms with Gasteiger partial charge in [-0.15, -0.1) is 0 Å². The van der Waals surface area contributed by atoms with E-state index in [1.807, 2.05) is 17.9 Å². The van der Waals surface area contributed by atoms with Gasteiger partial charge in [-0.3, -0.25) is 9.48 Å². The van der Waals surface area contributed by atoms with E-state index in [-0.39, 0.29) is 36.0 Å². The number of sulfone groups is 1. The van der Waals surface area contributed by atoms with Crippen LogP contribution in [-0.2, 0) is 21.2 Å². The first-order chi connectivity index (χ1) is 12.4. The Hall–Kier alpha value is -2.49. The molecule has 0 spiro atoms. The molecule has 0 unspecified atom stereocenters. The van der Waals surface area contributed by atoms with Gasteiger partial charge in [-0.2, -0.15) is 5.10 Å². The summed E-state index contributed by atoms with van der Waals surface area (Å²) in [6.07, 6.45) is 5.03. The van der Waals surface area contributed by atoms with Gasteiger partial charge < -0.3 is 9.80 Å². The van der Waals surface area contributed by atoms with E-state index in [4.69, 9.17) is 0 Å². The van der Waals surface area contributed by atoms with E-state index in [9.17, 15) is 13.2 Å². The van der Waals surface area contributed by atoms with Gasteiger partial charge in [0.05, 0.1) is 29.3 Å². The number of aryl methyl sites for hydroxylation is 1. The third kappa shape index (κ3) is 3.16. The maximum Gasteiger partial charge on any atom is 0.244 e. The van der Waals surface area contributed by atoms with Gasteiger partial charge in [0.2, 0.25) is 11.9 Å². The minimum atomic E-state index is -3.22. The highest BCUT2D eigenvalue weighted by atomic mass is 32.2. The molecule has 4 rings (SSSR count). The number of carbonyl (C=O) groups excluding carboxylic acids is 1. The molecule has 0 bridgehead atoms. The molecule has 2 saturated heterocycles. The predicted molar refractivity (Wildman–Crippen MR) is 94.3 cm³/mol. The van der Waals surface area contributed by atoms with Crippen LogP contribution in [0.1, 0.15) is 5.69 Å². The second-order valence-electron chi connectivity index (χ2n) is 6.70. The van der Waals surface area contributed by atoms with Crippen LogP contribution in [-0.4, -0.2) is 75.7 Å². The number of amides is 1. The highest BCUT2D eigenvalue weighted by Crippen LogP contribution is 2.29. The number of anilines is 1. The van der Waals surface area contributed by atoms with Gasteiger partial charge in [-0.1, -0.05) is 0 Å². The first kappa shape index (κ1) is 17.0. The highest BCUT2D eigenvalue weighted by Gasteiger charge is 2.48. The van der Waals surface area contributed by atoms with Crippen LogP contribution >= 0.6 is 0 Å². The summed E-state index contributed by atoms with van der Waals surface area (Å²) in [5, 5.41) is 4.24. The lowest BCUT2D eigenvalue weighted by molar-refractivity contribution is -0.134. The van der Waals surface area contributed by atoms with Gasteiger partial charge in [0.1, 0.15) is 6.54 Å². The fourth-order valence-electron chi connectivity index (χ4n) is 3.73. The van der Waals surface area contributed by atoms with Crippen molar-refractivity contribution in [3.05, 3.63) is 36.4 Å². The summed E-state index contributed by atoms with van der Waals surface area (Å²) >= 11 is 0. The zero-order valence-electron chi connectivity index (χ0n) is 14.4. The molecule has 2 aromatic heterocycles. The molecular weight excluding hydrogens is 356 g/mol. The number of hydrogen-bond donors (Lipinski definition) is 0. The standard InChI is InChI=1S/C16H20N6O3S/c1-12-3-6-20(19-12)9-15(23)21-7-8-22(16-17-4-2-5-18-16)14-11-26(24,25)10-13(14)21/h2-6,13-14H,7-11H2,1H3/t13-,14+/m0/s1. The minimum absolute atomic E-state index is 0.0145. The molecule has 0 radical (unpaired) electrons. The highest BCUT2D eigenvalue weighted by molar-refractivity contribution is 7.91. The molecule has 0 aromatic carbocycles. The van der Waals surface area contributed by atoms with Crippen LogP contribution in [0.4, 0.5) is 5.95 Å². The molecule has 26 heavy (non-hydrogen) atoms. The van der Waals surface area contributed by atoms with Crippen molar-refractivity contribution in [1.82, 2.24) is 24.6 Å². The average Bonchev–Trinajstić information content (AvgIpc) is 3.15. The van der Waals surface area contributed by atoms with Crippen molar-refractivity contribution in [2.75, 3.05) is 29.5 Å². The van der Waals surface area contributed by atoms with Gasteiger partial charge in [0.15, 0.2) is 9.84 Å².